The minimum absolute atomic E-state index is 0.0955. The summed E-state index contributed by atoms with van der Waals surface area (Å²) in [6, 6.07) is 4.20. The van der Waals surface area contributed by atoms with Gasteiger partial charge in [-0.3, -0.25) is 0 Å². The van der Waals surface area contributed by atoms with Crippen molar-refractivity contribution in [2.24, 2.45) is 5.73 Å². The summed E-state index contributed by atoms with van der Waals surface area (Å²) in [5.41, 5.74) is 6.10. The van der Waals surface area contributed by atoms with Gasteiger partial charge in [0, 0.05) is 6.04 Å². The zero-order valence-electron chi connectivity index (χ0n) is 7.90. The molecule has 1 rings (SSSR count). The molecule has 0 spiro atoms. The van der Waals surface area contributed by atoms with Crippen molar-refractivity contribution in [2.45, 2.75) is 19.4 Å². The maximum atomic E-state index is 10.8. The first kappa shape index (κ1) is 10.5. The van der Waals surface area contributed by atoms with Crippen LogP contribution >= 0.6 is 0 Å². The lowest BCUT2D eigenvalue weighted by atomic mass is 9.98. The second-order valence-electron chi connectivity index (χ2n) is 3.06. The Balaban J connectivity index is 3.28. The van der Waals surface area contributed by atoms with E-state index in [0.29, 0.717) is 12.0 Å². The van der Waals surface area contributed by atoms with Gasteiger partial charge in [0.25, 0.3) is 0 Å². The van der Waals surface area contributed by atoms with E-state index in [2.05, 4.69) is 0 Å². The van der Waals surface area contributed by atoms with Crippen LogP contribution in [0.4, 0.5) is 0 Å². The van der Waals surface area contributed by atoms with Crippen LogP contribution in [0.2, 0.25) is 0 Å². The molecule has 0 aliphatic carbocycles. The Morgan fingerprint density at radius 3 is 2.71 bits per heavy atom. The van der Waals surface area contributed by atoms with Crippen molar-refractivity contribution in [3.05, 3.63) is 29.3 Å². The Bertz CT molecular complexity index is 349. The third-order valence-electron chi connectivity index (χ3n) is 2.13. The number of carbonyl (C=O) groups is 1. The van der Waals surface area contributed by atoms with Gasteiger partial charge in [0.05, 0.1) is 0 Å². The van der Waals surface area contributed by atoms with Crippen molar-refractivity contribution in [3.8, 4) is 5.75 Å². The Morgan fingerprint density at radius 2 is 2.21 bits per heavy atom. The van der Waals surface area contributed by atoms with E-state index in [1.807, 2.05) is 6.92 Å². The zero-order chi connectivity index (χ0) is 10.7. The largest absolute Gasteiger partial charge is 0.507 e. The minimum Gasteiger partial charge on any atom is -0.507 e. The van der Waals surface area contributed by atoms with Gasteiger partial charge in [-0.2, -0.15) is 0 Å². The quantitative estimate of drug-likeness (QED) is 0.682. The van der Waals surface area contributed by atoms with Gasteiger partial charge in [-0.25, -0.2) is 4.79 Å². The highest BCUT2D eigenvalue weighted by molar-refractivity contribution is 5.92. The summed E-state index contributed by atoms with van der Waals surface area (Å²) in [5, 5.41) is 18.2. The fraction of sp³-hybridized carbons (Fsp3) is 0.300. The van der Waals surface area contributed by atoms with Crippen LogP contribution in [0.3, 0.4) is 0 Å². The van der Waals surface area contributed by atoms with E-state index in [9.17, 15) is 9.90 Å². The maximum Gasteiger partial charge on any atom is 0.339 e. The number of hydrogen-bond acceptors (Lipinski definition) is 3. The Labute approximate surface area is 82.0 Å². The third-order valence-corrected chi connectivity index (χ3v) is 2.13. The number of aromatic hydroxyl groups is 1. The zero-order valence-corrected chi connectivity index (χ0v) is 7.90. The van der Waals surface area contributed by atoms with Crippen molar-refractivity contribution in [3.63, 3.8) is 0 Å². The van der Waals surface area contributed by atoms with E-state index in [0.717, 1.165) is 0 Å². The molecule has 1 aromatic carbocycles. The van der Waals surface area contributed by atoms with Gasteiger partial charge in [-0.05, 0) is 18.1 Å². The number of benzene rings is 1. The normalized spacial score (nSPS) is 12.4. The highest BCUT2D eigenvalue weighted by Crippen LogP contribution is 2.26. The second-order valence-corrected chi connectivity index (χ2v) is 3.06. The summed E-state index contributed by atoms with van der Waals surface area (Å²) in [6.45, 7) is 1.86. The molecular weight excluding hydrogens is 182 g/mol. The van der Waals surface area contributed by atoms with Crippen molar-refractivity contribution >= 4 is 5.97 Å². The second kappa shape index (κ2) is 4.11. The molecule has 0 saturated carbocycles. The van der Waals surface area contributed by atoms with Crippen molar-refractivity contribution in [2.75, 3.05) is 0 Å². The summed E-state index contributed by atoms with van der Waals surface area (Å²) >= 11 is 0. The predicted octanol–water partition coefficient (Wildman–Crippen LogP) is 1.50. The highest BCUT2D eigenvalue weighted by Gasteiger charge is 2.18. The summed E-state index contributed by atoms with van der Waals surface area (Å²) in [7, 11) is 0. The Hall–Kier alpha value is -1.55. The van der Waals surface area contributed by atoms with Gasteiger partial charge in [-0.15, -0.1) is 0 Å². The highest BCUT2D eigenvalue weighted by atomic mass is 16.4. The molecule has 0 heterocycles. The molecular formula is C10H13NO3. The molecule has 1 atom stereocenters. The van der Waals surface area contributed by atoms with Gasteiger partial charge in [0.1, 0.15) is 11.3 Å². The molecule has 14 heavy (non-hydrogen) atoms. The summed E-state index contributed by atoms with van der Waals surface area (Å²) in [5.74, 6) is -1.39. The number of nitrogens with two attached hydrogens (primary N) is 1. The van der Waals surface area contributed by atoms with Crippen LogP contribution in [0.15, 0.2) is 18.2 Å². The molecule has 0 aliphatic rings. The first-order valence-corrected chi connectivity index (χ1v) is 4.38. The van der Waals surface area contributed by atoms with Crippen LogP contribution in [0.25, 0.3) is 0 Å². The van der Waals surface area contributed by atoms with Gasteiger partial charge < -0.3 is 15.9 Å². The molecule has 0 bridgehead atoms. The lowest BCUT2D eigenvalue weighted by Gasteiger charge is -2.13. The summed E-state index contributed by atoms with van der Waals surface area (Å²) in [6.07, 6.45) is 0.629. The van der Waals surface area contributed by atoms with Crippen LogP contribution in [0.5, 0.6) is 5.75 Å². The van der Waals surface area contributed by atoms with Crippen molar-refractivity contribution in [1.29, 1.82) is 0 Å². The first-order chi connectivity index (χ1) is 6.57. The monoisotopic (exact) mass is 195 g/mol. The summed E-state index contributed by atoms with van der Waals surface area (Å²) < 4.78 is 0. The summed E-state index contributed by atoms with van der Waals surface area (Å²) in [4.78, 5) is 10.8. The standard InChI is InChI=1S/C10H13NO3/c1-2-7(11)6-4-3-5-8(12)9(6)10(13)14/h3-5,7,12H,2,11H2,1H3,(H,13,14)/t7-/m1/s1. The van der Waals surface area contributed by atoms with E-state index in [1.54, 1.807) is 12.1 Å². The minimum atomic E-state index is -1.15. The van der Waals surface area contributed by atoms with Crippen LogP contribution < -0.4 is 5.73 Å². The van der Waals surface area contributed by atoms with Crippen molar-refractivity contribution < 1.29 is 15.0 Å². The molecule has 0 saturated heterocycles. The number of hydrogen-bond donors (Lipinski definition) is 3. The number of carboxylic acids is 1. The molecule has 4 N–H and O–H groups in total. The molecule has 0 aromatic heterocycles. The molecule has 0 radical (unpaired) electrons. The van der Waals surface area contributed by atoms with E-state index in [4.69, 9.17) is 10.8 Å². The average molecular weight is 195 g/mol. The maximum absolute atomic E-state index is 10.8. The molecule has 76 valence electrons. The molecule has 0 aliphatic heterocycles. The first-order valence-electron chi connectivity index (χ1n) is 4.38. The number of carboxylic acid groups (broad SMARTS) is 1. The molecule has 0 unspecified atom stereocenters. The number of rotatable bonds is 3. The lowest BCUT2D eigenvalue weighted by Crippen LogP contribution is -2.14. The van der Waals surface area contributed by atoms with E-state index >= 15 is 0 Å². The number of phenols is 1. The van der Waals surface area contributed by atoms with Crippen LogP contribution in [0, 0.1) is 0 Å². The molecule has 4 heteroatoms. The molecule has 1 aromatic rings. The van der Waals surface area contributed by atoms with E-state index < -0.39 is 5.97 Å². The fourth-order valence-electron chi connectivity index (χ4n) is 1.32. The van der Waals surface area contributed by atoms with E-state index in [-0.39, 0.29) is 17.4 Å². The van der Waals surface area contributed by atoms with Gasteiger partial charge >= 0.3 is 5.97 Å². The Morgan fingerprint density at radius 1 is 1.57 bits per heavy atom. The van der Waals surface area contributed by atoms with Crippen LogP contribution in [0.1, 0.15) is 35.3 Å². The number of aromatic carboxylic acids is 1. The van der Waals surface area contributed by atoms with Gasteiger partial charge in [0.15, 0.2) is 0 Å². The molecule has 0 amide bonds. The molecule has 4 nitrogen and oxygen atoms in total. The fourth-order valence-corrected chi connectivity index (χ4v) is 1.32. The van der Waals surface area contributed by atoms with E-state index in [1.165, 1.54) is 6.07 Å². The smallest absolute Gasteiger partial charge is 0.339 e. The van der Waals surface area contributed by atoms with Crippen molar-refractivity contribution in [1.82, 2.24) is 0 Å². The molecule has 0 fully saturated rings. The Kier molecular flexibility index (Phi) is 3.09. The van der Waals surface area contributed by atoms with Gasteiger partial charge in [0.2, 0.25) is 0 Å². The van der Waals surface area contributed by atoms with Crippen LogP contribution in [-0.2, 0) is 0 Å². The predicted molar refractivity (Wildman–Crippen MR) is 52.3 cm³/mol. The van der Waals surface area contributed by atoms with Crippen LogP contribution in [-0.4, -0.2) is 16.2 Å². The SMILES string of the molecule is CC[C@@H](N)c1cccc(O)c1C(=O)O. The lowest BCUT2D eigenvalue weighted by molar-refractivity contribution is 0.0692. The average Bonchev–Trinajstić information content (AvgIpc) is 2.15. The topological polar surface area (TPSA) is 83.5 Å². The third kappa shape index (κ3) is 1.85. The van der Waals surface area contributed by atoms with Gasteiger partial charge in [-0.1, -0.05) is 19.1 Å².